The largest absolute Gasteiger partial charge is 0.476 e. The molecule has 0 radical (unpaired) electrons. The molecule has 1 rings (SSSR count). The highest BCUT2D eigenvalue weighted by Crippen LogP contribution is 2.28. The second-order valence-electron chi connectivity index (χ2n) is 5.45. The summed E-state index contributed by atoms with van der Waals surface area (Å²) in [5, 5.41) is 9.54. The summed E-state index contributed by atoms with van der Waals surface area (Å²) in [7, 11) is 0. The summed E-state index contributed by atoms with van der Waals surface area (Å²) in [6.07, 6.45) is 11.0. The monoisotopic (exact) mass is 253 g/mol. The van der Waals surface area contributed by atoms with Crippen molar-refractivity contribution in [3.05, 3.63) is 12.2 Å². The topological polar surface area (TPSA) is 41.8 Å². The summed E-state index contributed by atoms with van der Waals surface area (Å²) in [4.78, 5) is 4.21. The van der Waals surface area contributed by atoms with Crippen LogP contribution in [0.4, 0.5) is 0 Å². The standard InChI is InChI=1S/C15H27NO2/c1-3-4-5-6-9-15(2,13-17)10-7-8-14-16-11-12-18-14/h7-8,17H,3-6,9-13H2,1-2H3. The number of nitrogens with zero attached hydrogens (tertiary/aromatic N) is 1. The summed E-state index contributed by atoms with van der Waals surface area (Å²) in [5.41, 5.74) is 0.00338. The number of aliphatic hydroxyl groups excluding tert-OH is 1. The van der Waals surface area contributed by atoms with Crippen molar-refractivity contribution >= 4 is 5.90 Å². The van der Waals surface area contributed by atoms with Crippen LogP contribution in [0.15, 0.2) is 17.1 Å². The van der Waals surface area contributed by atoms with Crippen LogP contribution in [0.2, 0.25) is 0 Å². The first-order valence-electron chi connectivity index (χ1n) is 7.15. The van der Waals surface area contributed by atoms with E-state index in [-0.39, 0.29) is 12.0 Å². The lowest BCUT2D eigenvalue weighted by molar-refractivity contribution is 0.131. The first-order chi connectivity index (χ1) is 8.70. The van der Waals surface area contributed by atoms with Crippen molar-refractivity contribution in [1.82, 2.24) is 0 Å². The predicted molar refractivity (Wildman–Crippen MR) is 76.0 cm³/mol. The van der Waals surface area contributed by atoms with Crippen LogP contribution in [0, 0.1) is 5.41 Å². The van der Waals surface area contributed by atoms with Crippen molar-refractivity contribution in [3.8, 4) is 0 Å². The van der Waals surface area contributed by atoms with E-state index in [4.69, 9.17) is 4.74 Å². The molecule has 1 N–H and O–H groups in total. The summed E-state index contributed by atoms with van der Waals surface area (Å²) in [5.74, 6) is 0.737. The Bertz CT molecular complexity index is 286. The van der Waals surface area contributed by atoms with Crippen molar-refractivity contribution in [3.63, 3.8) is 0 Å². The van der Waals surface area contributed by atoms with Crippen LogP contribution in [-0.2, 0) is 4.74 Å². The highest BCUT2D eigenvalue weighted by Gasteiger charge is 2.21. The molecule has 0 amide bonds. The highest BCUT2D eigenvalue weighted by molar-refractivity contribution is 5.88. The molecule has 1 atom stereocenters. The zero-order valence-corrected chi connectivity index (χ0v) is 11.8. The first-order valence-corrected chi connectivity index (χ1v) is 7.15. The van der Waals surface area contributed by atoms with E-state index in [1.54, 1.807) is 0 Å². The van der Waals surface area contributed by atoms with E-state index in [0.29, 0.717) is 6.61 Å². The van der Waals surface area contributed by atoms with Gasteiger partial charge in [0.2, 0.25) is 5.90 Å². The smallest absolute Gasteiger partial charge is 0.208 e. The molecule has 0 spiro atoms. The van der Waals surface area contributed by atoms with Gasteiger partial charge in [-0.1, -0.05) is 45.6 Å². The quantitative estimate of drug-likeness (QED) is 0.640. The minimum atomic E-state index is 0.00338. The first kappa shape index (κ1) is 15.2. The van der Waals surface area contributed by atoms with Crippen LogP contribution in [0.1, 0.15) is 52.4 Å². The molecule has 3 nitrogen and oxygen atoms in total. The Labute approximate surface area is 111 Å². The molecule has 0 aromatic rings. The van der Waals surface area contributed by atoms with Crippen molar-refractivity contribution in [2.45, 2.75) is 52.4 Å². The maximum absolute atomic E-state index is 9.54. The molecule has 3 heteroatoms. The van der Waals surface area contributed by atoms with Gasteiger partial charge in [-0.25, -0.2) is 4.99 Å². The Morgan fingerprint density at radius 1 is 1.39 bits per heavy atom. The molecule has 104 valence electrons. The summed E-state index contributed by atoms with van der Waals surface area (Å²) in [6.45, 7) is 6.09. The molecule has 0 aromatic carbocycles. The van der Waals surface area contributed by atoms with E-state index in [1.807, 2.05) is 6.08 Å². The van der Waals surface area contributed by atoms with E-state index in [1.165, 1.54) is 25.7 Å². The molecule has 0 aromatic heterocycles. The number of rotatable bonds is 9. The molecule has 18 heavy (non-hydrogen) atoms. The van der Waals surface area contributed by atoms with Gasteiger partial charge in [-0.3, -0.25) is 0 Å². The second-order valence-corrected chi connectivity index (χ2v) is 5.45. The van der Waals surface area contributed by atoms with Crippen molar-refractivity contribution in [2.75, 3.05) is 19.8 Å². The fourth-order valence-corrected chi connectivity index (χ4v) is 2.12. The van der Waals surface area contributed by atoms with E-state index in [2.05, 4.69) is 24.9 Å². The minimum Gasteiger partial charge on any atom is -0.476 e. The van der Waals surface area contributed by atoms with Crippen LogP contribution in [0.3, 0.4) is 0 Å². The molecule has 0 bridgehead atoms. The maximum atomic E-state index is 9.54. The SMILES string of the molecule is CCCCCCC(C)(CO)CC=CC1=NCCO1. The van der Waals surface area contributed by atoms with Gasteiger partial charge < -0.3 is 9.84 Å². The van der Waals surface area contributed by atoms with Gasteiger partial charge in [0.15, 0.2) is 0 Å². The van der Waals surface area contributed by atoms with Gasteiger partial charge in [0.25, 0.3) is 0 Å². The maximum Gasteiger partial charge on any atom is 0.208 e. The van der Waals surface area contributed by atoms with E-state index >= 15 is 0 Å². The van der Waals surface area contributed by atoms with Gasteiger partial charge in [-0.05, 0) is 24.3 Å². The van der Waals surface area contributed by atoms with Gasteiger partial charge in [0.05, 0.1) is 6.54 Å². The fraction of sp³-hybridized carbons (Fsp3) is 0.800. The average Bonchev–Trinajstić information content (AvgIpc) is 2.88. The molecular weight excluding hydrogens is 226 g/mol. The number of aliphatic imine (C=N–C) groups is 1. The molecule has 0 aliphatic carbocycles. The normalized spacial score (nSPS) is 18.7. The van der Waals surface area contributed by atoms with Crippen LogP contribution in [0.25, 0.3) is 0 Å². The van der Waals surface area contributed by atoms with Crippen molar-refractivity contribution in [2.24, 2.45) is 10.4 Å². The average molecular weight is 253 g/mol. The van der Waals surface area contributed by atoms with Gasteiger partial charge in [0.1, 0.15) is 6.61 Å². The second kappa shape index (κ2) is 8.30. The molecule has 1 aliphatic heterocycles. The number of unbranched alkanes of at least 4 members (excludes halogenated alkanes) is 3. The Morgan fingerprint density at radius 2 is 2.22 bits per heavy atom. The lowest BCUT2D eigenvalue weighted by Crippen LogP contribution is -2.20. The third-order valence-corrected chi connectivity index (χ3v) is 3.50. The highest BCUT2D eigenvalue weighted by atomic mass is 16.5. The van der Waals surface area contributed by atoms with E-state index < -0.39 is 0 Å². The Hall–Kier alpha value is -0.830. The minimum absolute atomic E-state index is 0.00338. The molecule has 0 fully saturated rings. The molecule has 1 unspecified atom stereocenters. The van der Waals surface area contributed by atoms with Gasteiger partial charge in [-0.2, -0.15) is 0 Å². The fourth-order valence-electron chi connectivity index (χ4n) is 2.12. The van der Waals surface area contributed by atoms with Crippen molar-refractivity contribution in [1.29, 1.82) is 0 Å². The van der Waals surface area contributed by atoms with E-state index in [9.17, 15) is 5.11 Å². The number of aliphatic hydroxyl groups is 1. The number of ether oxygens (including phenoxy) is 1. The van der Waals surface area contributed by atoms with E-state index in [0.717, 1.165) is 25.3 Å². The Balaban J connectivity index is 2.29. The molecule has 1 heterocycles. The molecule has 1 aliphatic rings. The summed E-state index contributed by atoms with van der Waals surface area (Å²) in [6, 6.07) is 0. The van der Waals surface area contributed by atoms with Crippen molar-refractivity contribution < 1.29 is 9.84 Å². The molecule has 0 saturated heterocycles. The third-order valence-electron chi connectivity index (χ3n) is 3.50. The van der Waals surface area contributed by atoms with Crippen LogP contribution >= 0.6 is 0 Å². The number of allylic oxidation sites excluding steroid dienone is 1. The molecular formula is C15H27NO2. The van der Waals surface area contributed by atoms with Gasteiger partial charge in [0, 0.05) is 6.61 Å². The number of hydrogen-bond donors (Lipinski definition) is 1. The predicted octanol–water partition coefficient (Wildman–Crippen LogP) is 3.33. The zero-order chi connectivity index (χ0) is 13.3. The lowest BCUT2D eigenvalue weighted by Gasteiger charge is -2.25. The lowest BCUT2D eigenvalue weighted by atomic mass is 9.82. The zero-order valence-electron chi connectivity index (χ0n) is 11.8. The Morgan fingerprint density at radius 3 is 2.83 bits per heavy atom. The van der Waals surface area contributed by atoms with Gasteiger partial charge in [-0.15, -0.1) is 0 Å². The Kier molecular flexibility index (Phi) is 7.02. The van der Waals surface area contributed by atoms with Crippen LogP contribution < -0.4 is 0 Å². The third kappa shape index (κ3) is 5.67. The number of hydrogen-bond acceptors (Lipinski definition) is 3. The summed E-state index contributed by atoms with van der Waals surface area (Å²) >= 11 is 0. The van der Waals surface area contributed by atoms with Crippen LogP contribution in [-0.4, -0.2) is 30.8 Å². The summed E-state index contributed by atoms with van der Waals surface area (Å²) < 4.78 is 5.32. The molecule has 0 saturated carbocycles. The van der Waals surface area contributed by atoms with Gasteiger partial charge >= 0.3 is 0 Å². The van der Waals surface area contributed by atoms with Crippen LogP contribution in [0.5, 0.6) is 0 Å².